The molecule has 0 aromatic heterocycles. The Balaban J connectivity index is 1.73. The van der Waals surface area contributed by atoms with Crippen LogP contribution in [0.3, 0.4) is 0 Å². The number of amidine groups is 1. The Morgan fingerprint density at radius 1 is 1.09 bits per heavy atom. The van der Waals surface area contributed by atoms with Crippen molar-refractivity contribution in [2.24, 2.45) is 4.99 Å². The van der Waals surface area contributed by atoms with Crippen LogP contribution in [-0.2, 0) is 9.59 Å². The highest BCUT2D eigenvalue weighted by atomic mass is 16.5. The van der Waals surface area contributed by atoms with E-state index in [0.717, 1.165) is 5.56 Å². The number of aliphatic imine (C=N–C) groups is 1. The molecule has 4 rings (SSSR count). The SMILES string of the molecule is CCC(=O)Nc1ccc(N2C(=O)C(=Cc3ccc(O)c(OC)c3)N=C2c2ccccc2)cc1. The summed E-state index contributed by atoms with van der Waals surface area (Å²) in [6, 6.07) is 21.3. The van der Waals surface area contributed by atoms with Gasteiger partial charge in [0.1, 0.15) is 11.5 Å². The number of rotatable bonds is 6. The second kappa shape index (κ2) is 9.40. The fourth-order valence-electron chi connectivity index (χ4n) is 3.42. The van der Waals surface area contributed by atoms with E-state index in [0.29, 0.717) is 34.9 Å². The predicted octanol–water partition coefficient (Wildman–Crippen LogP) is 4.58. The van der Waals surface area contributed by atoms with Crippen molar-refractivity contribution in [1.82, 2.24) is 0 Å². The molecule has 0 fully saturated rings. The van der Waals surface area contributed by atoms with E-state index in [4.69, 9.17) is 4.74 Å². The minimum Gasteiger partial charge on any atom is -0.504 e. The molecule has 0 saturated carbocycles. The van der Waals surface area contributed by atoms with Crippen LogP contribution >= 0.6 is 0 Å². The Bertz CT molecular complexity index is 1250. The number of nitrogens with zero attached hydrogens (tertiary/aromatic N) is 2. The summed E-state index contributed by atoms with van der Waals surface area (Å²) >= 11 is 0. The first-order valence-corrected chi connectivity index (χ1v) is 10.5. The summed E-state index contributed by atoms with van der Waals surface area (Å²) in [6.45, 7) is 1.78. The van der Waals surface area contributed by atoms with Gasteiger partial charge < -0.3 is 15.2 Å². The molecule has 0 saturated heterocycles. The van der Waals surface area contributed by atoms with Crippen LogP contribution in [-0.4, -0.2) is 29.9 Å². The van der Waals surface area contributed by atoms with E-state index in [-0.39, 0.29) is 23.3 Å². The first-order chi connectivity index (χ1) is 16.0. The van der Waals surface area contributed by atoms with Crippen LogP contribution in [0, 0.1) is 0 Å². The molecule has 0 aliphatic carbocycles. The van der Waals surface area contributed by atoms with Gasteiger partial charge >= 0.3 is 0 Å². The Morgan fingerprint density at radius 2 is 1.82 bits per heavy atom. The van der Waals surface area contributed by atoms with E-state index < -0.39 is 0 Å². The van der Waals surface area contributed by atoms with Crippen LogP contribution in [0.1, 0.15) is 24.5 Å². The highest BCUT2D eigenvalue weighted by Gasteiger charge is 2.32. The molecule has 1 aliphatic rings. The third-order valence-electron chi connectivity index (χ3n) is 5.13. The summed E-state index contributed by atoms with van der Waals surface area (Å²) < 4.78 is 5.16. The Kier molecular flexibility index (Phi) is 6.22. The quantitative estimate of drug-likeness (QED) is 0.548. The molecule has 7 heteroatoms. The third-order valence-corrected chi connectivity index (χ3v) is 5.13. The molecule has 0 radical (unpaired) electrons. The van der Waals surface area contributed by atoms with Crippen molar-refractivity contribution in [2.75, 3.05) is 17.3 Å². The molecule has 166 valence electrons. The molecule has 0 bridgehead atoms. The van der Waals surface area contributed by atoms with Crippen LogP contribution in [0.5, 0.6) is 11.5 Å². The number of phenols is 1. The van der Waals surface area contributed by atoms with Crippen molar-refractivity contribution in [1.29, 1.82) is 0 Å². The van der Waals surface area contributed by atoms with Gasteiger partial charge in [-0.15, -0.1) is 0 Å². The smallest absolute Gasteiger partial charge is 0.282 e. The second-order valence-electron chi connectivity index (χ2n) is 7.35. The van der Waals surface area contributed by atoms with Gasteiger partial charge in [0.25, 0.3) is 5.91 Å². The minimum absolute atomic E-state index is 0.0164. The molecule has 2 amide bonds. The largest absolute Gasteiger partial charge is 0.504 e. The van der Waals surface area contributed by atoms with E-state index >= 15 is 0 Å². The van der Waals surface area contributed by atoms with Gasteiger partial charge in [-0.3, -0.25) is 14.5 Å². The number of carbonyl (C=O) groups excluding carboxylic acids is 2. The highest BCUT2D eigenvalue weighted by molar-refractivity contribution is 6.33. The molecule has 3 aromatic rings. The van der Waals surface area contributed by atoms with Crippen molar-refractivity contribution in [3.63, 3.8) is 0 Å². The maximum atomic E-state index is 13.4. The number of benzene rings is 3. The van der Waals surface area contributed by atoms with Crippen molar-refractivity contribution < 1.29 is 19.4 Å². The molecule has 0 unspecified atom stereocenters. The molecule has 33 heavy (non-hydrogen) atoms. The van der Waals surface area contributed by atoms with Gasteiger partial charge in [-0.2, -0.15) is 0 Å². The van der Waals surface area contributed by atoms with Crippen molar-refractivity contribution in [3.8, 4) is 11.5 Å². The van der Waals surface area contributed by atoms with Crippen LogP contribution < -0.4 is 15.0 Å². The molecular weight excluding hydrogens is 418 g/mol. The summed E-state index contributed by atoms with van der Waals surface area (Å²) in [5.41, 5.74) is 3.00. The molecule has 0 atom stereocenters. The third kappa shape index (κ3) is 4.62. The van der Waals surface area contributed by atoms with E-state index in [1.807, 2.05) is 30.3 Å². The normalized spacial score (nSPS) is 14.4. The number of nitrogens with one attached hydrogen (secondary N) is 1. The average molecular weight is 441 g/mol. The molecular formula is C26H23N3O4. The number of hydrogen-bond acceptors (Lipinski definition) is 5. The summed E-state index contributed by atoms with van der Waals surface area (Å²) in [7, 11) is 1.46. The Hall–Kier alpha value is -4.39. The van der Waals surface area contributed by atoms with E-state index in [1.165, 1.54) is 13.2 Å². The van der Waals surface area contributed by atoms with Crippen molar-refractivity contribution in [3.05, 3.63) is 89.6 Å². The van der Waals surface area contributed by atoms with Gasteiger partial charge in [0.05, 0.1) is 12.8 Å². The summed E-state index contributed by atoms with van der Waals surface area (Å²) in [5.74, 6) is 0.460. The monoisotopic (exact) mass is 441 g/mol. The molecule has 0 spiro atoms. The van der Waals surface area contributed by atoms with Gasteiger partial charge in [-0.1, -0.05) is 43.3 Å². The Morgan fingerprint density at radius 3 is 2.48 bits per heavy atom. The molecule has 1 heterocycles. The zero-order chi connectivity index (χ0) is 23.4. The fourth-order valence-corrected chi connectivity index (χ4v) is 3.42. The number of amides is 2. The number of aromatic hydroxyl groups is 1. The van der Waals surface area contributed by atoms with Gasteiger partial charge in [-0.05, 0) is 48.0 Å². The fraction of sp³-hybridized carbons (Fsp3) is 0.115. The predicted molar refractivity (Wildman–Crippen MR) is 128 cm³/mol. The first kappa shape index (κ1) is 21.8. The van der Waals surface area contributed by atoms with Crippen molar-refractivity contribution in [2.45, 2.75) is 13.3 Å². The van der Waals surface area contributed by atoms with Crippen molar-refractivity contribution >= 4 is 35.1 Å². The van der Waals surface area contributed by atoms with Gasteiger partial charge in [0.15, 0.2) is 11.5 Å². The van der Waals surface area contributed by atoms with Crippen LogP contribution in [0.15, 0.2) is 83.5 Å². The average Bonchev–Trinajstić information content (AvgIpc) is 3.17. The second-order valence-corrected chi connectivity index (χ2v) is 7.35. The first-order valence-electron chi connectivity index (χ1n) is 10.5. The maximum Gasteiger partial charge on any atom is 0.282 e. The number of ether oxygens (including phenoxy) is 1. The number of hydrogen-bond donors (Lipinski definition) is 2. The zero-order valence-corrected chi connectivity index (χ0v) is 18.3. The molecule has 1 aliphatic heterocycles. The summed E-state index contributed by atoms with van der Waals surface area (Å²) in [4.78, 5) is 31.3. The lowest BCUT2D eigenvalue weighted by molar-refractivity contribution is -0.116. The van der Waals surface area contributed by atoms with E-state index in [1.54, 1.807) is 54.3 Å². The maximum absolute atomic E-state index is 13.4. The molecule has 7 nitrogen and oxygen atoms in total. The number of phenolic OH excluding ortho intramolecular Hbond substituents is 1. The van der Waals surface area contributed by atoms with E-state index in [2.05, 4.69) is 10.3 Å². The molecule has 3 aromatic carbocycles. The lowest BCUT2D eigenvalue weighted by Crippen LogP contribution is -2.32. The number of carbonyl (C=O) groups is 2. The minimum atomic E-state index is -0.286. The standard InChI is InChI=1S/C26H23N3O4/c1-3-24(31)27-19-10-12-20(13-11-19)29-25(18-7-5-4-6-8-18)28-21(26(29)32)15-17-9-14-22(30)23(16-17)33-2/h4-16,30H,3H2,1-2H3,(H,27,31). The summed E-state index contributed by atoms with van der Waals surface area (Å²) in [5, 5.41) is 12.7. The Labute approximate surface area is 191 Å². The van der Waals surface area contributed by atoms with Gasteiger partial charge in [0.2, 0.25) is 5.91 Å². The summed E-state index contributed by atoms with van der Waals surface area (Å²) in [6.07, 6.45) is 2.04. The van der Waals surface area contributed by atoms with E-state index in [9.17, 15) is 14.7 Å². The number of anilines is 2. The number of methoxy groups -OCH3 is 1. The van der Waals surface area contributed by atoms with Crippen LogP contribution in [0.2, 0.25) is 0 Å². The van der Waals surface area contributed by atoms with Crippen LogP contribution in [0.25, 0.3) is 6.08 Å². The lowest BCUT2D eigenvalue weighted by atomic mass is 10.1. The van der Waals surface area contributed by atoms with Crippen LogP contribution in [0.4, 0.5) is 11.4 Å². The molecule has 2 N–H and O–H groups in total. The topological polar surface area (TPSA) is 91.2 Å². The zero-order valence-electron chi connectivity index (χ0n) is 18.3. The van der Waals surface area contributed by atoms with Gasteiger partial charge in [-0.25, -0.2) is 4.99 Å². The highest BCUT2D eigenvalue weighted by Crippen LogP contribution is 2.31. The van der Waals surface area contributed by atoms with Gasteiger partial charge in [0, 0.05) is 17.7 Å². The lowest BCUT2D eigenvalue weighted by Gasteiger charge is -2.19.